The molecule has 106 valence electrons. The van der Waals surface area contributed by atoms with E-state index in [-0.39, 0.29) is 18.1 Å². The first-order chi connectivity index (χ1) is 10.1. The summed E-state index contributed by atoms with van der Waals surface area (Å²) < 4.78 is 9.96. The van der Waals surface area contributed by atoms with Gasteiger partial charge >= 0.3 is 5.97 Å². The summed E-state index contributed by atoms with van der Waals surface area (Å²) in [5.41, 5.74) is 1.24. The van der Waals surface area contributed by atoms with Crippen molar-refractivity contribution in [2.75, 3.05) is 12.4 Å². The Morgan fingerprint density at radius 2 is 2.14 bits per heavy atom. The van der Waals surface area contributed by atoms with Gasteiger partial charge in [-0.3, -0.25) is 4.79 Å². The maximum absolute atomic E-state index is 11.4. The zero-order valence-electron chi connectivity index (χ0n) is 11.3. The first-order valence-electron chi connectivity index (χ1n) is 6.09. The van der Waals surface area contributed by atoms with Crippen molar-refractivity contribution in [1.82, 2.24) is 0 Å². The number of anilines is 1. The highest BCUT2D eigenvalue weighted by molar-refractivity contribution is 5.92. The molecule has 0 aliphatic carbocycles. The number of rotatable bonds is 4. The quantitative estimate of drug-likeness (QED) is 0.871. The van der Waals surface area contributed by atoms with Gasteiger partial charge in [-0.15, -0.1) is 0 Å². The van der Waals surface area contributed by atoms with Gasteiger partial charge in [-0.25, -0.2) is 4.79 Å². The fourth-order valence-electron chi connectivity index (χ4n) is 1.73. The van der Waals surface area contributed by atoms with Crippen molar-refractivity contribution in [2.24, 2.45) is 0 Å². The molecule has 1 N–H and O–H groups in total. The van der Waals surface area contributed by atoms with E-state index in [0.717, 1.165) is 0 Å². The topological polar surface area (TPSA) is 92.3 Å². The maximum atomic E-state index is 11.4. The first kappa shape index (κ1) is 14.3. The molecule has 0 atom stereocenters. The second kappa shape index (κ2) is 6.39. The number of ether oxygens (including phenoxy) is 1. The number of carbonyl (C=O) groups excluding carboxylic acids is 2. The number of hydrogen-bond donors (Lipinski definition) is 1. The number of carbonyl (C=O) groups is 2. The minimum absolute atomic E-state index is 0.103. The molecule has 1 aromatic heterocycles. The number of hydrogen-bond acceptors (Lipinski definition) is 5. The number of esters is 1. The van der Waals surface area contributed by atoms with Crippen molar-refractivity contribution in [2.45, 2.75) is 6.42 Å². The standard InChI is InChI=1S/C15H12N2O4/c1-20-15(19)13-6-5-12(21-13)10-3-2-4-11(9-10)17-14(18)7-8-16/h2-6,9H,7H2,1H3,(H,17,18). The van der Waals surface area contributed by atoms with Gasteiger partial charge in [0.15, 0.2) is 0 Å². The smallest absolute Gasteiger partial charge is 0.373 e. The molecule has 1 amide bonds. The fraction of sp³-hybridized carbons (Fsp3) is 0.133. The van der Waals surface area contributed by atoms with E-state index in [2.05, 4.69) is 10.1 Å². The number of benzene rings is 1. The summed E-state index contributed by atoms with van der Waals surface area (Å²) >= 11 is 0. The molecule has 21 heavy (non-hydrogen) atoms. The van der Waals surface area contributed by atoms with E-state index in [0.29, 0.717) is 17.0 Å². The van der Waals surface area contributed by atoms with E-state index < -0.39 is 5.97 Å². The predicted octanol–water partition coefficient (Wildman–Crippen LogP) is 2.59. The van der Waals surface area contributed by atoms with Crippen LogP contribution in [0.15, 0.2) is 40.8 Å². The van der Waals surface area contributed by atoms with Gasteiger partial charge in [0.25, 0.3) is 0 Å². The maximum Gasteiger partial charge on any atom is 0.373 e. The zero-order valence-corrected chi connectivity index (χ0v) is 11.3. The van der Waals surface area contributed by atoms with Gasteiger partial charge in [0.1, 0.15) is 12.2 Å². The first-order valence-corrected chi connectivity index (χ1v) is 6.09. The molecule has 0 saturated carbocycles. The van der Waals surface area contributed by atoms with Gasteiger partial charge in [-0.1, -0.05) is 12.1 Å². The molecule has 1 heterocycles. The summed E-state index contributed by atoms with van der Waals surface area (Å²) in [6.45, 7) is 0. The van der Waals surface area contributed by atoms with Gasteiger partial charge < -0.3 is 14.5 Å². The van der Waals surface area contributed by atoms with E-state index in [1.165, 1.54) is 13.2 Å². The molecule has 2 rings (SSSR count). The third-order valence-corrected chi connectivity index (χ3v) is 2.66. The molecule has 0 radical (unpaired) electrons. The van der Waals surface area contributed by atoms with Crippen LogP contribution in [-0.2, 0) is 9.53 Å². The fourth-order valence-corrected chi connectivity index (χ4v) is 1.73. The number of amides is 1. The predicted molar refractivity (Wildman–Crippen MR) is 74.3 cm³/mol. The Morgan fingerprint density at radius 3 is 2.86 bits per heavy atom. The lowest BCUT2D eigenvalue weighted by Crippen LogP contribution is -2.09. The van der Waals surface area contributed by atoms with Crippen LogP contribution >= 0.6 is 0 Å². The lowest BCUT2D eigenvalue weighted by Gasteiger charge is -2.04. The Kier molecular flexibility index (Phi) is 4.36. The molecule has 0 aliphatic rings. The highest BCUT2D eigenvalue weighted by atomic mass is 16.5. The van der Waals surface area contributed by atoms with Crippen LogP contribution in [0.1, 0.15) is 17.0 Å². The van der Waals surface area contributed by atoms with Crippen LogP contribution in [0.25, 0.3) is 11.3 Å². The van der Waals surface area contributed by atoms with Crippen molar-refractivity contribution in [3.63, 3.8) is 0 Å². The van der Waals surface area contributed by atoms with E-state index in [4.69, 9.17) is 9.68 Å². The summed E-state index contributed by atoms with van der Waals surface area (Å²) in [7, 11) is 1.27. The summed E-state index contributed by atoms with van der Waals surface area (Å²) in [4.78, 5) is 22.7. The van der Waals surface area contributed by atoms with Crippen LogP contribution in [0.3, 0.4) is 0 Å². The molecule has 0 bridgehead atoms. The van der Waals surface area contributed by atoms with Crippen LogP contribution in [0.2, 0.25) is 0 Å². The second-order valence-corrected chi connectivity index (χ2v) is 4.12. The molecule has 0 fully saturated rings. The van der Waals surface area contributed by atoms with E-state index in [1.807, 2.05) is 0 Å². The minimum Gasteiger partial charge on any atom is -0.463 e. The molecule has 6 nitrogen and oxygen atoms in total. The highest BCUT2D eigenvalue weighted by Crippen LogP contribution is 2.25. The van der Waals surface area contributed by atoms with Crippen molar-refractivity contribution in [3.05, 3.63) is 42.2 Å². The Hall–Kier alpha value is -3.07. The number of furan rings is 1. The van der Waals surface area contributed by atoms with Gasteiger partial charge in [0.2, 0.25) is 11.7 Å². The largest absolute Gasteiger partial charge is 0.463 e. The third-order valence-electron chi connectivity index (χ3n) is 2.66. The molecule has 0 unspecified atom stereocenters. The number of methoxy groups -OCH3 is 1. The molecular formula is C15H12N2O4. The lowest BCUT2D eigenvalue weighted by atomic mass is 10.1. The van der Waals surface area contributed by atoms with Crippen molar-refractivity contribution < 1.29 is 18.7 Å². The van der Waals surface area contributed by atoms with Crippen LogP contribution < -0.4 is 5.32 Å². The molecule has 0 saturated heterocycles. The Bertz CT molecular complexity index is 712. The molecule has 6 heteroatoms. The summed E-state index contributed by atoms with van der Waals surface area (Å²) in [5, 5.41) is 11.1. The van der Waals surface area contributed by atoms with Crippen molar-refractivity contribution in [1.29, 1.82) is 5.26 Å². The SMILES string of the molecule is COC(=O)c1ccc(-c2cccc(NC(=O)CC#N)c2)o1. The average Bonchev–Trinajstić information content (AvgIpc) is 2.97. The minimum atomic E-state index is -0.556. The van der Waals surface area contributed by atoms with Crippen molar-refractivity contribution >= 4 is 17.6 Å². The molecular weight excluding hydrogens is 272 g/mol. The molecule has 0 spiro atoms. The van der Waals surface area contributed by atoms with Gasteiger partial charge in [-0.2, -0.15) is 5.26 Å². The van der Waals surface area contributed by atoms with E-state index >= 15 is 0 Å². The molecule has 2 aromatic rings. The normalized spacial score (nSPS) is 9.71. The van der Waals surface area contributed by atoms with E-state index in [9.17, 15) is 9.59 Å². The lowest BCUT2D eigenvalue weighted by molar-refractivity contribution is -0.115. The van der Waals surface area contributed by atoms with E-state index in [1.54, 1.807) is 36.4 Å². The van der Waals surface area contributed by atoms with Crippen LogP contribution in [0, 0.1) is 11.3 Å². The van der Waals surface area contributed by atoms with Crippen LogP contribution in [-0.4, -0.2) is 19.0 Å². The average molecular weight is 284 g/mol. The molecule has 1 aromatic carbocycles. The highest BCUT2D eigenvalue weighted by Gasteiger charge is 2.12. The summed E-state index contributed by atoms with van der Waals surface area (Å²) in [5.74, 6) is -0.359. The number of nitriles is 1. The Balaban J connectivity index is 2.21. The zero-order chi connectivity index (χ0) is 15.2. The number of nitrogens with zero attached hydrogens (tertiary/aromatic N) is 1. The van der Waals surface area contributed by atoms with Crippen LogP contribution in [0.5, 0.6) is 0 Å². The number of nitrogens with one attached hydrogen (secondary N) is 1. The Morgan fingerprint density at radius 1 is 1.33 bits per heavy atom. The second-order valence-electron chi connectivity index (χ2n) is 4.12. The molecule has 0 aliphatic heterocycles. The third kappa shape index (κ3) is 3.48. The summed E-state index contributed by atoms with van der Waals surface area (Å²) in [6, 6.07) is 11.8. The van der Waals surface area contributed by atoms with Crippen molar-refractivity contribution in [3.8, 4) is 17.4 Å². The van der Waals surface area contributed by atoms with Gasteiger partial charge in [0, 0.05) is 11.3 Å². The monoisotopic (exact) mass is 284 g/mol. The van der Waals surface area contributed by atoms with Gasteiger partial charge in [-0.05, 0) is 24.3 Å². The Labute approximate surface area is 120 Å². The van der Waals surface area contributed by atoms with Gasteiger partial charge in [0.05, 0.1) is 13.2 Å². The van der Waals surface area contributed by atoms with Crippen LogP contribution in [0.4, 0.5) is 5.69 Å². The summed E-state index contributed by atoms with van der Waals surface area (Å²) in [6.07, 6.45) is -0.211.